The topological polar surface area (TPSA) is 176 Å². The van der Waals surface area contributed by atoms with Crippen molar-refractivity contribution in [2.45, 2.75) is 15.3 Å². The molecule has 0 aliphatic rings. The van der Waals surface area contributed by atoms with Gasteiger partial charge in [-0.2, -0.15) is 15.2 Å². The van der Waals surface area contributed by atoms with Crippen molar-refractivity contribution in [3.8, 4) is 17.2 Å². The Hall–Kier alpha value is -2.61. The molecule has 0 aromatic carbocycles. The Morgan fingerprint density at radius 2 is 1.67 bits per heavy atom. The monoisotopic (exact) mass is 486 g/mol. The van der Waals surface area contributed by atoms with Gasteiger partial charge in [0.05, 0.1) is 19.1 Å². The second-order valence-corrected chi connectivity index (χ2v) is 8.08. The summed E-state index contributed by atoms with van der Waals surface area (Å²) >= 11 is 4.61. The minimum atomic E-state index is -0.664. The molecule has 0 saturated heterocycles. The number of thioether (sulfide) groups is 3. The van der Waals surface area contributed by atoms with Gasteiger partial charge in [-0.25, -0.2) is 15.0 Å². The largest absolute Gasteiger partial charge is 0.479 e. The van der Waals surface area contributed by atoms with Crippen LogP contribution in [0.15, 0.2) is 15.3 Å². The van der Waals surface area contributed by atoms with Crippen LogP contribution >= 0.6 is 46.6 Å². The van der Waals surface area contributed by atoms with E-state index in [2.05, 4.69) is 24.9 Å². The number of nitrogens with two attached hydrogens (primary N) is 1. The molecule has 3 heterocycles. The number of fused-ring (bicyclic) bond motifs is 1. The average Bonchev–Trinajstić information content (AvgIpc) is 3.12. The van der Waals surface area contributed by atoms with Gasteiger partial charge in [-0.3, -0.25) is 10.1 Å². The van der Waals surface area contributed by atoms with Crippen molar-refractivity contribution in [1.82, 2.24) is 24.9 Å². The zero-order valence-electron chi connectivity index (χ0n) is 16.0. The molecular formula is C14H14N8O4S4. The number of anilines is 1. The van der Waals surface area contributed by atoms with Crippen molar-refractivity contribution in [3.05, 3.63) is 10.1 Å². The first-order valence-corrected chi connectivity index (χ1v) is 11.7. The first-order chi connectivity index (χ1) is 14.4. The van der Waals surface area contributed by atoms with Gasteiger partial charge in [-0.1, -0.05) is 34.9 Å². The number of nitriles is 1. The molecule has 12 nitrogen and oxygen atoms in total. The van der Waals surface area contributed by atoms with Crippen LogP contribution in [-0.4, -0.2) is 56.6 Å². The van der Waals surface area contributed by atoms with E-state index in [1.54, 1.807) is 18.8 Å². The van der Waals surface area contributed by atoms with E-state index < -0.39 is 4.92 Å². The highest BCUT2D eigenvalue weighted by molar-refractivity contribution is 8.03. The normalized spacial score (nSPS) is 10.1. The predicted octanol–water partition coefficient (Wildman–Crippen LogP) is 3.09. The third kappa shape index (κ3) is 5.50. The van der Waals surface area contributed by atoms with Gasteiger partial charge in [-0.05, 0) is 12.5 Å². The Balaban J connectivity index is 0.000000215. The maximum absolute atomic E-state index is 10.8. The number of rotatable bonds is 6. The van der Waals surface area contributed by atoms with Crippen LogP contribution in [0.1, 0.15) is 0 Å². The summed E-state index contributed by atoms with van der Waals surface area (Å²) in [7, 11) is 2.83. The van der Waals surface area contributed by atoms with Gasteiger partial charge in [0.1, 0.15) is 5.40 Å². The van der Waals surface area contributed by atoms with Crippen LogP contribution in [0.5, 0.6) is 11.8 Å². The van der Waals surface area contributed by atoms with Gasteiger partial charge in [-0.15, -0.1) is 0 Å². The summed E-state index contributed by atoms with van der Waals surface area (Å²) in [6, 6.07) is 0. The number of thiocyanates is 1. The van der Waals surface area contributed by atoms with Gasteiger partial charge in [0, 0.05) is 11.8 Å². The van der Waals surface area contributed by atoms with Crippen molar-refractivity contribution < 1.29 is 14.4 Å². The Kier molecular flexibility index (Phi) is 8.65. The van der Waals surface area contributed by atoms with E-state index in [4.69, 9.17) is 20.5 Å². The van der Waals surface area contributed by atoms with Gasteiger partial charge in [0.2, 0.25) is 5.88 Å². The van der Waals surface area contributed by atoms with Crippen molar-refractivity contribution in [2.24, 2.45) is 0 Å². The summed E-state index contributed by atoms with van der Waals surface area (Å²) in [6.45, 7) is 0. The molecule has 0 amide bonds. The molecule has 3 aromatic rings. The van der Waals surface area contributed by atoms with E-state index in [9.17, 15) is 10.1 Å². The quantitative estimate of drug-likeness (QED) is 0.134. The lowest BCUT2D eigenvalue weighted by molar-refractivity contribution is -0.389. The first-order valence-electron chi connectivity index (χ1n) is 7.60. The molecule has 0 aliphatic carbocycles. The summed E-state index contributed by atoms with van der Waals surface area (Å²) in [5.74, 6) is 0.342. The maximum Gasteiger partial charge on any atom is 0.363 e. The van der Waals surface area contributed by atoms with Gasteiger partial charge in [0.25, 0.3) is 5.88 Å². The zero-order valence-corrected chi connectivity index (χ0v) is 19.2. The lowest BCUT2D eigenvalue weighted by Crippen LogP contribution is -2.01. The van der Waals surface area contributed by atoms with Gasteiger partial charge < -0.3 is 15.2 Å². The lowest BCUT2D eigenvalue weighted by atomic mass is 10.5. The molecule has 0 aliphatic heterocycles. The van der Waals surface area contributed by atoms with Crippen molar-refractivity contribution in [1.29, 1.82) is 5.26 Å². The Bertz CT molecular complexity index is 1100. The molecule has 16 heteroatoms. The number of nitro groups is 1. The number of nitrogen functional groups attached to an aromatic ring is 1. The van der Waals surface area contributed by atoms with E-state index in [0.717, 1.165) is 4.83 Å². The molecule has 30 heavy (non-hydrogen) atoms. The van der Waals surface area contributed by atoms with Crippen LogP contribution in [0.25, 0.3) is 10.3 Å². The fraction of sp³-hybridized carbons (Fsp3) is 0.286. The number of hydrogen-bond donors (Lipinski definition) is 1. The molecule has 0 unspecified atom stereocenters. The summed E-state index contributed by atoms with van der Waals surface area (Å²) in [6.07, 6.45) is 3.63. The number of thiazole rings is 1. The lowest BCUT2D eigenvalue weighted by Gasteiger charge is -2.04. The second kappa shape index (κ2) is 11.0. The first kappa shape index (κ1) is 23.7. The highest BCUT2D eigenvalue weighted by Gasteiger charge is 2.26. The Labute approximate surface area is 187 Å². The van der Waals surface area contributed by atoms with Crippen LogP contribution in [0.4, 0.5) is 10.8 Å². The summed E-state index contributed by atoms with van der Waals surface area (Å²) in [5, 5.41) is 22.5. The predicted molar refractivity (Wildman–Crippen MR) is 116 cm³/mol. The molecule has 0 bridgehead atoms. The minimum absolute atomic E-state index is 0.0105. The molecule has 158 valence electrons. The number of aromatic nitrogens is 5. The van der Waals surface area contributed by atoms with Crippen LogP contribution in [0, 0.1) is 20.8 Å². The second-order valence-electron chi connectivity index (χ2n) is 4.75. The molecule has 0 fully saturated rings. The molecule has 0 radical (unpaired) electrons. The standard InChI is InChI=1S/C7H6N4O3S2.C7H8N4OS2/c1-14-5-4(11(12)13)6(16-3-8)10-7(9-5)15-2;1-12-4-3-5(14-6(8)9-3)11-7(10-4)13-2/h1-2H3;1-2H3,(H2,8,9). The summed E-state index contributed by atoms with van der Waals surface area (Å²) < 4.78 is 9.91. The Morgan fingerprint density at radius 1 is 1.07 bits per heavy atom. The highest BCUT2D eigenvalue weighted by atomic mass is 32.2. The molecule has 3 rings (SSSR count). The average molecular weight is 487 g/mol. The van der Waals surface area contributed by atoms with E-state index >= 15 is 0 Å². The van der Waals surface area contributed by atoms with E-state index in [0.29, 0.717) is 38.6 Å². The van der Waals surface area contributed by atoms with Crippen molar-refractivity contribution >= 4 is 67.8 Å². The number of nitrogens with zero attached hydrogens (tertiary/aromatic N) is 7. The molecule has 3 aromatic heterocycles. The van der Waals surface area contributed by atoms with Crippen LogP contribution < -0.4 is 15.2 Å². The molecule has 2 N–H and O–H groups in total. The minimum Gasteiger partial charge on any atom is -0.479 e. The number of ether oxygens (including phenoxy) is 2. The smallest absolute Gasteiger partial charge is 0.363 e. The van der Waals surface area contributed by atoms with Gasteiger partial charge in [0.15, 0.2) is 30.8 Å². The third-order valence-corrected chi connectivity index (χ3v) is 5.54. The maximum atomic E-state index is 10.8. The number of methoxy groups -OCH3 is 2. The van der Waals surface area contributed by atoms with Crippen molar-refractivity contribution in [3.63, 3.8) is 0 Å². The summed E-state index contributed by atoms with van der Waals surface area (Å²) in [5.41, 5.74) is 5.83. The SMILES string of the molecule is COc1nc(SC)nc(SC#N)c1[N+](=O)[O-].COc1nc(SC)nc2sc(N)nc12. The van der Waals surface area contributed by atoms with E-state index in [-0.39, 0.29) is 16.6 Å². The van der Waals surface area contributed by atoms with Crippen LogP contribution in [0.3, 0.4) is 0 Å². The molecule has 0 spiro atoms. The summed E-state index contributed by atoms with van der Waals surface area (Å²) in [4.78, 5) is 31.1. The fourth-order valence-corrected chi connectivity index (χ4v) is 3.93. The van der Waals surface area contributed by atoms with E-state index in [1.807, 2.05) is 6.26 Å². The van der Waals surface area contributed by atoms with E-state index in [1.165, 1.54) is 42.0 Å². The van der Waals surface area contributed by atoms with Crippen LogP contribution in [0.2, 0.25) is 0 Å². The van der Waals surface area contributed by atoms with Crippen LogP contribution in [-0.2, 0) is 0 Å². The number of hydrogen-bond acceptors (Lipinski definition) is 15. The molecular weight excluding hydrogens is 472 g/mol. The molecule has 0 saturated carbocycles. The third-order valence-electron chi connectivity index (χ3n) is 3.10. The fourth-order valence-electron chi connectivity index (χ4n) is 1.93. The Morgan fingerprint density at radius 3 is 2.20 bits per heavy atom. The highest BCUT2D eigenvalue weighted by Crippen LogP contribution is 2.35. The van der Waals surface area contributed by atoms with Gasteiger partial charge >= 0.3 is 5.69 Å². The zero-order chi connectivity index (χ0) is 22.3. The molecule has 0 atom stereocenters. The van der Waals surface area contributed by atoms with Crippen molar-refractivity contribution in [2.75, 3.05) is 32.5 Å².